The molecule has 0 radical (unpaired) electrons. The molecule has 1 N–H and O–H groups in total. The van der Waals surface area contributed by atoms with E-state index in [1.165, 1.54) is 12.0 Å². The second kappa shape index (κ2) is 6.19. The van der Waals surface area contributed by atoms with Crippen molar-refractivity contribution in [3.05, 3.63) is 0 Å². The number of carbonyl (C=O) groups is 3. The highest BCUT2D eigenvalue weighted by Gasteiger charge is 2.31. The molecule has 1 rings (SSSR count). The number of carboxylic acid groups (broad SMARTS) is 1. The molecule has 1 atom stereocenters. The van der Waals surface area contributed by atoms with Gasteiger partial charge in [-0.15, -0.1) is 0 Å². The minimum Gasteiger partial charge on any atom is -0.480 e. The van der Waals surface area contributed by atoms with E-state index in [-0.39, 0.29) is 24.4 Å². The van der Waals surface area contributed by atoms with Gasteiger partial charge in [-0.05, 0) is 6.42 Å². The summed E-state index contributed by atoms with van der Waals surface area (Å²) < 4.78 is 9.27. The SMILES string of the molecule is COC(=O)C1CCN(C(=O)COCC(=O)O)C1. The lowest BCUT2D eigenvalue weighted by Gasteiger charge is -2.15. The summed E-state index contributed by atoms with van der Waals surface area (Å²) in [6.07, 6.45) is 0.567. The van der Waals surface area contributed by atoms with Gasteiger partial charge in [0.05, 0.1) is 13.0 Å². The lowest BCUT2D eigenvalue weighted by Crippen LogP contribution is -2.33. The Morgan fingerprint density at radius 1 is 1.35 bits per heavy atom. The molecule has 1 aliphatic rings. The van der Waals surface area contributed by atoms with Gasteiger partial charge in [0.2, 0.25) is 5.91 Å². The predicted octanol–water partition coefficient (Wildman–Crippen LogP) is -0.891. The molecule has 1 amide bonds. The quantitative estimate of drug-likeness (QED) is 0.631. The van der Waals surface area contributed by atoms with Crippen molar-refractivity contribution in [3.8, 4) is 0 Å². The van der Waals surface area contributed by atoms with Crippen LogP contribution in [-0.4, -0.2) is 61.3 Å². The molecule has 0 aliphatic carbocycles. The smallest absolute Gasteiger partial charge is 0.329 e. The lowest BCUT2D eigenvalue weighted by molar-refractivity contribution is -0.145. The summed E-state index contributed by atoms with van der Waals surface area (Å²) in [5.74, 6) is -2.04. The molecule has 0 saturated carbocycles. The predicted molar refractivity (Wildman–Crippen MR) is 55.2 cm³/mol. The molecule has 7 nitrogen and oxygen atoms in total. The van der Waals surface area contributed by atoms with Crippen molar-refractivity contribution in [2.75, 3.05) is 33.4 Å². The molecule has 1 saturated heterocycles. The van der Waals surface area contributed by atoms with Gasteiger partial charge in [0, 0.05) is 13.1 Å². The molecule has 1 aliphatic heterocycles. The van der Waals surface area contributed by atoms with Gasteiger partial charge in [-0.1, -0.05) is 0 Å². The van der Waals surface area contributed by atoms with Gasteiger partial charge in [0.25, 0.3) is 0 Å². The van der Waals surface area contributed by atoms with E-state index in [0.717, 1.165) is 0 Å². The highest BCUT2D eigenvalue weighted by molar-refractivity contribution is 5.80. The monoisotopic (exact) mass is 245 g/mol. The zero-order valence-corrected chi connectivity index (χ0v) is 9.55. The Bertz CT molecular complexity index is 316. The summed E-state index contributed by atoms with van der Waals surface area (Å²) in [5, 5.41) is 8.33. The molecule has 0 aromatic rings. The average Bonchev–Trinajstić information content (AvgIpc) is 2.76. The number of aliphatic carboxylic acids is 1. The van der Waals surface area contributed by atoms with Gasteiger partial charge in [-0.3, -0.25) is 9.59 Å². The lowest BCUT2D eigenvalue weighted by atomic mass is 10.1. The fraction of sp³-hybridized carbons (Fsp3) is 0.700. The van der Waals surface area contributed by atoms with Crippen LogP contribution in [0, 0.1) is 5.92 Å². The van der Waals surface area contributed by atoms with Crippen LogP contribution in [0.3, 0.4) is 0 Å². The number of rotatable bonds is 5. The summed E-state index contributed by atoms with van der Waals surface area (Å²) in [4.78, 5) is 34.4. The first-order chi connectivity index (χ1) is 8.04. The van der Waals surface area contributed by atoms with Crippen molar-refractivity contribution in [1.29, 1.82) is 0 Å². The van der Waals surface area contributed by atoms with Crippen LogP contribution < -0.4 is 0 Å². The molecule has 0 bridgehead atoms. The minimum absolute atomic E-state index is 0.278. The molecule has 0 spiro atoms. The van der Waals surface area contributed by atoms with Crippen molar-refractivity contribution in [2.24, 2.45) is 5.92 Å². The van der Waals surface area contributed by atoms with Crippen LogP contribution in [-0.2, 0) is 23.9 Å². The van der Waals surface area contributed by atoms with Crippen molar-refractivity contribution in [3.63, 3.8) is 0 Å². The fourth-order valence-corrected chi connectivity index (χ4v) is 1.66. The van der Waals surface area contributed by atoms with Crippen molar-refractivity contribution in [2.45, 2.75) is 6.42 Å². The second-order valence-corrected chi connectivity index (χ2v) is 3.74. The summed E-state index contributed by atoms with van der Waals surface area (Å²) in [7, 11) is 1.31. The van der Waals surface area contributed by atoms with Gasteiger partial charge in [-0.25, -0.2) is 4.79 Å². The number of carboxylic acids is 1. The zero-order valence-electron chi connectivity index (χ0n) is 9.55. The largest absolute Gasteiger partial charge is 0.480 e. The molecular formula is C10H15NO6. The number of esters is 1. The third kappa shape index (κ3) is 4.03. The minimum atomic E-state index is -1.12. The third-order valence-corrected chi connectivity index (χ3v) is 2.53. The number of ether oxygens (including phenoxy) is 2. The number of nitrogens with zero attached hydrogens (tertiary/aromatic N) is 1. The molecule has 1 heterocycles. The van der Waals surface area contributed by atoms with Crippen LogP contribution in [0.2, 0.25) is 0 Å². The first-order valence-electron chi connectivity index (χ1n) is 5.19. The molecule has 1 unspecified atom stereocenters. The van der Waals surface area contributed by atoms with E-state index in [1.54, 1.807) is 0 Å². The van der Waals surface area contributed by atoms with Crippen LogP contribution in [0.15, 0.2) is 0 Å². The van der Waals surface area contributed by atoms with Gasteiger partial charge in [0.15, 0.2) is 0 Å². The van der Waals surface area contributed by atoms with Crippen LogP contribution in [0.4, 0.5) is 0 Å². The van der Waals surface area contributed by atoms with Crippen molar-refractivity contribution < 1.29 is 29.0 Å². The summed E-state index contributed by atoms with van der Waals surface area (Å²) in [5.41, 5.74) is 0. The molecule has 0 aromatic carbocycles. The average molecular weight is 245 g/mol. The maximum Gasteiger partial charge on any atom is 0.329 e. The van der Waals surface area contributed by atoms with Gasteiger partial charge < -0.3 is 19.5 Å². The molecule has 0 aromatic heterocycles. The van der Waals surface area contributed by atoms with Crippen molar-refractivity contribution >= 4 is 17.8 Å². The Labute approximate surface area is 98.3 Å². The Morgan fingerprint density at radius 2 is 2.06 bits per heavy atom. The first-order valence-corrected chi connectivity index (χ1v) is 5.19. The number of methoxy groups -OCH3 is 1. The molecule has 7 heteroatoms. The number of likely N-dealkylation sites (tertiary alicyclic amines) is 1. The molecule has 17 heavy (non-hydrogen) atoms. The molecule has 96 valence electrons. The van der Waals surface area contributed by atoms with E-state index in [4.69, 9.17) is 5.11 Å². The van der Waals surface area contributed by atoms with Crippen LogP contribution in [0.25, 0.3) is 0 Å². The topological polar surface area (TPSA) is 93.1 Å². The summed E-state index contributed by atoms with van der Waals surface area (Å²) in [6.45, 7) is -0.00281. The molecule has 1 fully saturated rings. The Balaban J connectivity index is 2.30. The van der Waals surface area contributed by atoms with Gasteiger partial charge in [0.1, 0.15) is 13.2 Å². The normalized spacial score (nSPS) is 19.1. The number of amides is 1. The number of hydrogen-bond donors (Lipinski definition) is 1. The summed E-state index contributed by atoms with van der Waals surface area (Å²) in [6, 6.07) is 0. The van der Waals surface area contributed by atoms with E-state index in [0.29, 0.717) is 19.5 Å². The van der Waals surface area contributed by atoms with Crippen LogP contribution in [0.1, 0.15) is 6.42 Å². The highest BCUT2D eigenvalue weighted by Crippen LogP contribution is 2.17. The van der Waals surface area contributed by atoms with E-state index in [9.17, 15) is 14.4 Å². The fourth-order valence-electron chi connectivity index (χ4n) is 1.66. The molecular weight excluding hydrogens is 230 g/mol. The number of carbonyl (C=O) groups excluding carboxylic acids is 2. The number of hydrogen-bond acceptors (Lipinski definition) is 5. The van der Waals surface area contributed by atoms with E-state index in [2.05, 4.69) is 9.47 Å². The standard InChI is InChI=1S/C10H15NO6/c1-16-10(15)7-2-3-11(4-7)8(12)5-17-6-9(13)14/h7H,2-6H2,1H3,(H,13,14). The van der Waals surface area contributed by atoms with Crippen molar-refractivity contribution in [1.82, 2.24) is 4.90 Å². The highest BCUT2D eigenvalue weighted by atomic mass is 16.5. The maximum absolute atomic E-state index is 11.5. The third-order valence-electron chi connectivity index (χ3n) is 2.53. The van der Waals surface area contributed by atoms with E-state index in [1.807, 2.05) is 0 Å². The van der Waals surface area contributed by atoms with Gasteiger partial charge >= 0.3 is 11.9 Å². The Kier molecular flexibility index (Phi) is 4.89. The second-order valence-electron chi connectivity index (χ2n) is 3.74. The van der Waals surface area contributed by atoms with Gasteiger partial charge in [-0.2, -0.15) is 0 Å². The van der Waals surface area contributed by atoms with E-state index < -0.39 is 12.6 Å². The van der Waals surface area contributed by atoms with Crippen LogP contribution in [0.5, 0.6) is 0 Å². The Hall–Kier alpha value is -1.63. The van der Waals surface area contributed by atoms with E-state index >= 15 is 0 Å². The maximum atomic E-state index is 11.5. The summed E-state index contributed by atoms with van der Waals surface area (Å²) >= 11 is 0. The Morgan fingerprint density at radius 3 is 2.65 bits per heavy atom. The first kappa shape index (κ1) is 13.4. The zero-order chi connectivity index (χ0) is 12.8. The van der Waals surface area contributed by atoms with Crippen LogP contribution >= 0.6 is 0 Å².